The molecule has 7 nitrogen and oxygen atoms in total. The van der Waals surface area contributed by atoms with Crippen LogP contribution in [0.3, 0.4) is 0 Å². The highest BCUT2D eigenvalue weighted by molar-refractivity contribution is 7.13. The first-order valence-corrected chi connectivity index (χ1v) is 12.1. The minimum absolute atomic E-state index is 0.176. The lowest BCUT2D eigenvalue weighted by atomic mass is 10.1. The van der Waals surface area contributed by atoms with Gasteiger partial charge in [-0.2, -0.15) is 0 Å². The molecular formula is C27H26N4O3S. The molecule has 0 saturated heterocycles. The molecule has 0 spiro atoms. The van der Waals surface area contributed by atoms with Crippen LogP contribution in [0.2, 0.25) is 0 Å². The molecule has 178 valence electrons. The molecule has 3 aromatic carbocycles. The van der Waals surface area contributed by atoms with Gasteiger partial charge in [-0.25, -0.2) is 0 Å². The molecule has 4 rings (SSSR count). The summed E-state index contributed by atoms with van der Waals surface area (Å²) in [5, 5.41) is 14.6. The van der Waals surface area contributed by atoms with Gasteiger partial charge < -0.3 is 15.4 Å². The Hall–Kier alpha value is -4.04. The number of carbonyl (C=O) groups is 2. The van der Waals surface area contributed by atoms with Gasteiger partial charge in [0, 0.05) is 17.8 Å². The van der Waals surface area contributed by atoms with Crippen LogP contribution in [-0.4, -0.2) is 22.0 Å². The Labute approximate surface area is 208 Å². The van der Waals surface area contributed by atoms with E-state index in [-0.39, 0.29) is 23.4 Å². The van der Waals surface area contributed by atoms with Gasteiger partial charge in [0.1, 0.15) is 12.4 Å². The highest BCUT2D eigenvalue weighted by atomic mass is 32.1. The average Bonchev–Trinajstić information content (AvgIpc) is 3.37. The molecule has 4 aromatic rings. The second kappa shape index (κ2) is 11.4. The summed E-state index contributed by atoms with van der Waals surface area (Å²) < 4.78 is 5.77. The molecule has 1 aromatic heterocycles. The van der Waals surface area contributed by atoms with Gasteiger partial charge in [0.15, 0.2) is 5.01 Å². The molecule has 2 N–H and O–H groups in total. The molecule has 0 unspecified atom stereocenters. The summed E-state index contributed by atoms with van der Waals surface area (Å²) in [6.07, 6.45) is 0.984. The molecule has 0 aliphatic rings. The van der Waals surface area contributed by atoms with E-state index in [9.17, 15) is 9.59 Å². The highest BCUT2D eigenvalue weighted by Gasteiger charge is 2.14. The first-order chi connectivity index (χ1) is 17.0. The largest absolute Gasteiger partial charge is 0.486 e. The van der Waals surface area contributed by atoms with Crippen molar-refractivity contribution in [1.29, 1.82) is 0 Å². The normalized spacial score (nSPS) is 10.6. The summed E-state index contributed by atoms with van der Waals surface area (Å²) >= 11 is 1.18. The van der Waals surface area contributed by atoms with Crippen LogP contribution in [0.1, 0.15) is 48.8 Å². The van der Waals surface area contributed by atoms with E-state index in [0.29, 0.717) is 22.8 Å². The van der Waals surface area contributed by atoms with E-state index in [0.717, 1.165) is 23.3 Å². The van der Waals surface area contributed by atoms with Crippen molar-refractivity contribution in [2.45, 2.75) is 33.4 Å². The Balaban J connectivity index is 1.28. The Kier molecular flexibility index (Phi) is 7.84. The van der Waals surface area contributed by atoms with Crippen LogP contribution in [0.15, 0.2) is 72.8 Å². The molecule has 1 heterocycles. The summed E-state index contributed by atoms with van der Waals surface area (Å²) in [7, 11) is 0. The summed E-state index contributed by atoms with van der Waals surface area (Å²) in [4.78, 5) is 25.0. The number of aryl methyl sites for hydroxylation is 2. The van der Waals surface area contributed by atoms with Crippen LogP contribution in [0.4, 0.5) is 5.69 Å². The fourth-order valence-electron chi connectivity index (χ4n) is 3.33. The zero-order chi connectivity index (χ0) is 24.6. The van der Waals surface area contributed by atoms with Crippen molar-refractivity contribution < 1.29 is 14.3 Å². The van der Waals surface area contributed by atoms with E-state index >= 15 is 0 Å². The van der Waals surface area contributed by atoms with Crippen molar-refractivity contribution in [2.75, 3.05) is 5.32 Å². The van der Waals surface area contributed by atoms with Crippen LogP contribution in [0.25, 0.3) is 0 Å². The first kappa shape index (κ1) is 24.1. The van der Waals surface area contributed by atoms with Crippen LogP contribution < -0.4 is 15.4 Å². The van der Waals surface area contributed by atoms with Gasteiger partial charge in [0.05, 0.1) is 0 Å². The maximum absolute atomic E-state index is 12.6. The molecule has 0 fully saturated rings. The van der Waals surface area contributed by atoms with E-state index in [1.54, 1.807) is 24.3 Å². The van der Waals surface area contributed by atoms with Gasteiger partial charge in [0.2, 0.25) is 5.01 Å². The number of amides is 2. The summed E-state index contributed by atoms with van der Waals surface area (Å²) in [5.74, 6) is 0.231. The van der Waals surface area contributed by atoms with Crippen LogP contribution in [0, 0.1) is 6.92 Å². The number of aromatic nitrogens is 2. The average molecular weight is 487 g/mol. The number of nitrogens with zero attached hydrogens (tertiary/aromatic N) is 2. The summed E-state index contributed by atoms with van der Waals surface area (Å²) in [5.41, 5.74) is 4.41. The van der Waals surface area contributed by atoms with Crippen molar-refractivity contribution in [3.05, 3.63) is 105 Å². The SMILES string of the molecule is CCc1ccc(CNC(=O)c2ccc(NC(=O)c3nnc(COc4ccccc4C)s3)cc2)cc1. The van der Waals surface area contributed by atoms with Gasteiger partial charge in [0.25, 0.3) is 11.8 Å². The third kappa shape index (κ3) is 6.51. The fraction of sp³-hybridized carbons (Fsp3) is 0.185. The molecule has 0 bridgehead atoms. The van der Waals surface area contributed by atoms with Gasteiger partial charge in [-0.15, -0.1) is 10.2 Å². The maximum atomic E-state index is 12.6. The van der Waals surface area contributed by atoms with Crippen molar-refractivity contribution in [3.8, 4) is 5.75 Å². The molecule has 0 atom stereocenters. The maximum Gasteiger partial charge on any atom is 0.286 e. The zero-order valence-corrected chi connectivity index (χ0v) is 20.4. The van der Waals surface area contributed by atoms with E-state index in [1.807, 2.05) is 43.3 Å². The zero-order valence-electron chi connectivity index (χ0n) is 19.6. The lowest BCUT2D eigenvalue weighted by Crippen LogP contribution is -2.22. The Morgan fingerprint density at radius 2 is 1.60 bits per heavy atom. The van der Waals surface area contributed by atoms with Gasteiger partial charge >= 0.3 is 0 Å². The van der Waals surface area contributed by atoms with Crippen LogP contribution >= 0.6 is 11.3 Å². The Morgan fingerprint density at radius 1 is 0.886 bits per heavy atom. The monoisotopic (exact) mass is 486 g/mol. The van der Waals surface area contributed by atoms with Gasteiger partial charge in [-0.1, -0.05) is 60.7 Å². The lowest BCUT2D eigenvalue weighted by Gasteiger charge is -2.08. The third-order valence-electron chi connectivity index (χ3n) is 5.40. The van der Waals surface area contributed by atoms with Crippen LogP contribution in [0.5, 0.6) is 5.75 Å². The molecule has 35 heavy (non-hydrogen) atoms. The smallest absolute Gasteiger partial charge is 0.286 e. The number of para-hydroxylation sites is 1. The molecule has 2 amide bonds. The second-order valence-corrected chi connectivity index (χ2v) is 9.00. The summed E-state index contributed by atoms with van der Waals surface area (Å²) in [6.45, 7) is 4.77. The van der Waals surface area contributed by atoms with Crippen molar-refractivity contribution in [1.82, 2.24) is 15.5 Å². The number of benzene rings is 3. The Morgan fingerprint density at radius 3 is 2.31 bits per heavy atom. The standard InChI is InChI=1S/C27H26N4O3S/c1-3-19-8-10-20(11-9-19)16-28-25(32)21-12-14-22(15-13-21)29-26(33)27-31-30-24(35-27)17-34-23-7-5-4-6-18(23)2/h4-15H,3,16-17H2,1-2H3,(H,28,32)(H,29,33). The minimum Gasteiger partial charge on any atom is -0.486 e. The molecular weight excluding hydrogens is 460 g/mol. The van der Waals surface area contributed by atoms with E-state index in [4.69, 9.17) is 4.74 Å². The quantitative estimate of drug-likeness (QED) is 0.340. The molecule has 0 aliphatic carbocycles. The number of hydrogen-bond donors (Lipinski definition) is 2. The Bertz CT molecular complexity index is 1300. The van der Waals surface area contributed by atoms with E-state index in [1.165, 1.54) is 16.9 Å². The van der Waals surface area contributed by atoms with Crippen molar-refractivity contribution >= 4 is 28.8 Å². The highest BCUT2D eigenvalue weighted by Crippen LogP contribution is 2.20. The number of carbonyl (C=O) groups excluding carboxylic acids is 2. The van der Waals surface area contributed by atoms with Gasteiger partial charge in [-0.05, 0) is 60.4 Å². The topological polar surface area (TPSA) is 93.2 Å². The predicted molar refractivity (Wildman–Crippen MR) is 137 cm³/mol. The number of ether oxygens (including phenoxy) is 1. The number of nitrogens with one attached hydrogen (secondary N) is 2. The number of rotatable bonds is 9. The van der Waals surface area contributed by atoms with E-state index < -0.39 is 0 Å². The molecule has 0 radical (unpaired) electrons. The van der Waals surface area contributed by atoms with E-state index in [2.05, 4.69) is 39.9 Å². The second-order valence-electron chi connectivity index (χ2n) is 7.94. The summed E-state index contributed by atoms with van der Waals surface area (Å²) in [6, 6.07) is 22.6. The molecule has 0 saturated carbocycles. The predicted octanol–water partition coefficient (Wildman–Crippen LogP) is 5.17. The first-order valence-electron chi connectivity index (χ1n) is 11.3. The third-order valence-corrected chi connectivity index (χ3v) is 6.29. The molecule has 0 aliphatic heterocycles. The lowest BCUT2D eigenvalue weighted by molar-refractivity contribution is 0.0950. The number of anilines is 1. The number of hydrogen-bond acceptors (Lipinski definition) is 6. The van der Waals surface area contributed by atoms with Crippen LogP contribution in [-0.2, 0) is 19.6 Å². The van der Waals surface area contributed by atoms with Crippen molar-refractivity contribution in [3.63, 3.8) is 0 Å². The minimum atomic E-state index is -0.364. The fourth-order valence-corrected chi connectivity index (χ4v) is 3.98. The van der Waals surface area contributed by atoms with Gasteiger partial charge in [-0.3, -0.25) is 9.59 Å². The molecule has 8 heteroatoms. The van der Waals surface area contributed by atoms with Crippen molar-refractivity contribution in [2.24, 2.45) is 0 Å².